The average Bonchev–Trinajstić information content (AvgIpc) is 2.53. The molecule has 25 heavy (non-hydrogen) atoms. The smallest absolute Gasteiger partial charge is 0.414 e. The molecule has 0 bridgehead atoms. The molecular formula is C20H32N2O3. The summed E-state index contributed by atoms with van der Waals surface area (Å²) in [6, 6.07) is 7.47. The minimum Gasteiger partial charge on any atom is -0.494 e. The number of likely N-dealkylation sites (N-methyl/N-ethyl adjacent to an activating group) is 1. The van der Waals surface area contributed by atoms with Crippen LogP contribution in [0.25, 0.3) is 0 Å². The van der Waals surface area contributed by atoms with E-state index in [2.05, 4.69) is 18.5 Å². The molecule has 5 nitrogen and oxygen atoms in total. The molecule has 0 radical (unpaired) electrons. The van der Waals surface area contributed by atoms with Crippen molar-refractivity contribution in [1.29, 1.82) is 0 Å². The van der Waals surface area contributed by atoms with Crippen LogP contribution in [-0.2, 0) is 4.74 Å². The highest BCUT2D eigenvalue weighted by atomic mass is 16.6. The molecule has 1 amide bonds. The number of amides is 1. The Morgan fingerprint density at radius 3 is 2.36 bits per heavy atom. The first kappa shape index (κ1) is 21.0. The fraction of sp³-hybridized carbons (Fsp3) is 0.550. The maximum Gasteiger partial charge on any atom is 0.414 e. The summed E-state index contributed by atoms with van der Waals surface area (Å²) >= 11 is 0. The molecule has 0 aliphatic rings. The standard InChI is InChI=1S/C20H32N2O3/c1-7-14-21(5)15-8-9-16-24-18-12-10-17(11-13-18)22(6)19(23)25-20(2,3)4/h7,10-13H,1,8-9,14-16H2,2-6H3. The Hall–Kier alpha value is -2.01. The average molecular weight is 348 g/mol. The van der Waals surface area contributed by atoms with E-state index in [1.807, 2.05) is 51.1 Å². The normalized spacial score (nSPS) is 11.3. The van der Waals surface area contributed by atoms with E-state index in [0.717, 1.165) is 37.4 Å². The van der Waals surface area contributed by atoms with Gasteiger partial charge in [0.2, 0.25) is 0 Å². The first-order valence-corrected chi connectivity index (χ1v) is 8.72. The molecular weight excluding hydrogens is 316 g/mol. The van der Waals surface area contributed by atoms with E-state index in [4.69, 9.17) is 9.47 Å². The summed E-state index contributed by atoms with van der Waals surface area (Å²) in [4.78, 5) is 15.8. The third kappa shape index (κ3) is 8.59. The molecule has 1 aromatic carbocycles. The number of hydrogen-bond donors (Lipinski definition) is 0. The molecule has 0 spiro atoms. The number of unbranched alkanes of at least 4 members (excludes halogenated alkanes) is 1. The molecule has 0 heterocycles. The van der Waals surface area contributed by atoms with Crippen LogP contribution in [0, 0.1) is 0 Å². The molecule has 1 aromatic rings. The molecule has 0 aromatic heterocycles. The zero-order chi connectivity index (χ0) is 18.9. The predicted molar refractivity (Wildman–Crippen MR) is 104 cm³/mol. The van der Waals surface area contributed by atoms with Gasteiger partial charge in [-0.15, -0.1) is 6.58 Å². The summed E-state index contributed by atoms with van der Waals surface area (Å²) in [7, 11) is 3.78. The summed E-state index contributed by atoms with van der Waals surface area (Å²) in [6.45, 7) is 11.9. The van der Waals surface area contributed by atoms with Crippen LogP contribution < -0.4 is 9.64 Å². The molecule has 0 saturated carbocycles. The lowest BCUT2D eigenvalue weighted by Crippen LogP contribution is -2.34. The number of rotatable bonds is 9. The monoisotopic (exact) mass is 348 g/mol. The second-order valence-corrected chi connectivity index (χ2v) is 7.14. The van der Waals surface area contributed by atoms with Gasteiger partial charge in [0, 0.05) is 19.3 Å². The lowest BCUT2D eigenvalue weighted by molar-refractivity contribution is 0.0589. The Labute approximate surface area is 152 Å². The van der Waals surface area contributed by atoms with Gasteiger partial charge in [-0.25, -0.2) is 4.79 Å². The maximum absolute atomic E-state index is 12.1. The minimum absolute atomic E-state index is 0.371. The Bertz CT molecular complexity index is 535. The topological polar surface area (TPSA) is 42.0 Å². The number of anilines is 1. The van der Waals surface area contributed by atoms with Crippen LogP contribution in [0.1, 0.15) is 33.6 Å². The van der Waals surface area contributed by atoms with Crippen molar-refractivity contribution in [2.24, 2.45) is 0 Å². The molecule has 0 saturated heterocycles. The Morgan fingerprint density at radius 1 is 1.16 bits per heavy atom. The van der Waals surface area contributed by atoms with Crippen molar-refractivity contribution in [3.8, 4) is 5.75 Å². The van der Waals surface area contributed by atoms with E-state index in [9.17, 15) is 4.79 Å². The fourth-order valence-electron chi connectivity index (χ4n) is 2.19. The summed E-state index contributed by atoms with van der Waals surface area (Å²) in [5.74, 6) is 0.806. The number of carbonyl (C=O) groups excluding carboxylic acids is 1. The van der Waals surface area contributed by atoms with Crippen molar-refractivity contribution >= 4 is 11.8 Å². The zero-order valence-corrected chi connectivity index (χ0v) is 16.2. The second-order valence-electron chi connectivity index (χ2n) is 7.14. The fourth-order valence-corrected chi connectivity index (χ4v) is 2.19. The van der Waals surface area contributed by atoms with E-state index in [1.54, 1.807) is 7.05 Å². The van der Waals surface area contributed by atoms with Crippen LogP contribution in [0.15, 0.2) is 36.9 Å². The maximum atomic E-state index is 12.1. The van der Waals surface area contributed by atoms with Gasteiger partial charge >= 0.3 is 6.09 Å². The summed E-state index contributed by atoms with van der Waals surface area (Å²) < 4.78 is 11.1. The highest BCUT2D eigenvalue weighted by molar-refractivity contribution is 5.87. The van der Waals surface area contributed by atoms with Crippen molar-refractivity contribution in [3.05, 3.63) is 36.9 Å². The van der Waals surface area contributed by atoms with E-state index in [1.165, 1.54) is 4.90 Å². The van der Waals surface area contributed by atoms with Crippen molar-refractivity contribution < 1.29 is 14.3 Å². The highest BCUT2D eigenvalue weighted by Crippen LogP contribution is 2.20. The van der Waals surface area contributed by atoms with E-state index in [-0.39, 0.29) is 6.09 Å². The van der Waals surface area contributed by atoms with Crippen molar-refractivity contribution in [3.63, 3.8) is 0 Å². The summed E-state index contributed by atoms with van der Waals surface area (Å²) in [6.07, 6.45) is 3.63. The van der Waals surface area contributed by atoms with Gasteiger partial charge in [0.15, 0.2) is 0 Å². The number of ether oxygens (including phenoxy) is 2. The molecule has 0 fully saturated rings. The van der Waals surface area contributed by atoms with Gasteiger partial charge in [-0.1, -0.05) is 6.08 Å². The van der Waals surface area contributed by atoms with Gasteiger partial charge in [-0.3, -0.25) is 4.90 Å². The summed E-state index contributed by atoms with van der Waals surface area (Å²) in [5.41, 5.74) is 0.265. The van der Waals surface area contributed by atoms with Gasteiger partial charge in [0.1, 0.15) is 11.4 Å². The minimum atomic E-state index is -0.506. The number of carbonyl (C=O) groups is 1. The molecule has 140 valence electrons. The van der Waals surface area contributed by atoms with Crippen LogP contribution in [0.4, 0.5) is 10.5 Å². The Kier molecular flexibility index (Phi) is 8.49. The van der Waals surface area contributed by atoms with Gasteiger partial charge in [-0.05, 0) is 71.5 Å². The van der Waals surface area contributed by atoms with Crippen molar-refractivity contribution in [2.45, 2.75) is 39.2 Å². The third-order valence-electron chi connectivity index (χ3n) is 3.54. The SMILES string of the molecule is C=CCN(C)CCCCOc1ccc(N(C)C(=O)OC(C)(C)C)cc1. The van der Waals surface area contributed by atoms with E-state index < -0.39 is 5.60 Å². The second kappa shape index (κ2) is 10.1. The van der Waals surface area contributed by atoms with Crippen LogP contribution in [-0.4, -0.2) is 50.4 Å². The zero-order valence-electron chi connectivity index (χ0n) is 16.2. The van der Waals surface area contributed by atoms with Crippen molar-refractivity contribution in [1.82, 2.24) is 4.90 Å². The summed E-state index contributed by atoms with van der Waals surface area (Å²) in [5, 5.41) is 0. The van der Waals surface area contributed by atoms with Gasteiger partial charge in [0.25, 0.3) is 0 Å². The van der Waals surface area contributed by atoms with Gasteiger partial charge in [0.05, 0.1) is 6.61 Å². The number of nitrogens with zero attached hydrogens (tertiary/aromatic N) is 2. The first-order valence-electron chi connectivity index (χ1n) is 8.72. The first-order chi connectivity index (χ1) is 11.7. The molecule has 0 unspecified atom stereocenters. The largest absolute Gasteiger partial charge is 0.494 e. The molecule has 0 aliphatic heterocycles. The van der Waals surface area contributed by atoms with E-state index >= 15 is 0 Å². The quantitative estimate of drug-likeness (QED) is 0.492. The Morgan fingerprint density at radius 2 is 1.80 bits per heavy atom. The van der Waals surface area contributed by atoms with Crippen molar-refractivity contribution in [2.75, 3.05) is 38.7 Å². The van der Waals surface area contributed by atoms with Gasteiger partial charge < -0.3 is 14.4 Å². The lowest BCUT2D eigenvalue weighted by Gasteiger charge is -2.24. The van der Waals surface area contributed by atoms with Crippen LogP contribution in [0.3, 0.4) is 0 Å². The van der Waals surface area contributed by atoms with Crippen LogP contribution in [0.2, 0.25) is 0 Å². The molecule has 0 atom stereocenters. The van der Waals surface area contributed by atoms with Gasteiger partial charge in [-0.2, -0.15) is 0 Å². The molecule has 1 rings (SSSR count). The van der Waals surface area contributed by atoms with E-state index in [0.29, 0.717) is 6.61 Å². The molecule has 0 aliphatic carbocycles. The molecule has 5 heteroatoms. The lowest BCUT2D eigenvalue weighted by atomic mass is 10.2. The number of hydrogen-bond acceptors (Lipinski definition) is 4. The highest BCUT2D eigenvalue weighted by Gasteiger charge is 2.20. The number of benzene rings is 1. The van der Waals surface area contributed by atoms with Crippen LogP contribution in [0.5, 0.6) is 5.75 Å². The Balaban J connectivity index is 2.38. The molecule has 0 N–H and O–H groups in total. The third-order valence-corrected chi connectivity index (χ3v) is 3.54. The predicted octanol–water partition coefficient (Wildman–Crippen LogP) is 4.33. The van der Waals surface area contributed by atoms with Crippen LogP contribution >= 0.6 is 0 Å².